The summed E-state index contributed by atoms with van der Waals surface area (Å²) in [5.74, 6) is 0. The van der Waals surface area contributed by atoms with E-state index < -0.39 is 6.43 Å². The van der Waals surface area contributed by atoms with E-state index in [0.717, 1.165) is 11.8 Å². The van der Waals surface area contributed by atoms with Gasteiger partial charge in [-0.2, -0.15) is 5.26 Å². The summed E-state index contributed by atoms with van der Waals surface area (Å²) in [6.45, 7) is 0. The Kier molecular flexibility index (Phi) is 3.92. The first kappa shape index (κ1) is 11.3. The molecule has 1 aromatic rings. The van der Waals surface area contributed by atoms with E-state index in [-0.39, 0.29) is 11.1 Å². The molecule has 0 aliphatic carbocycles. The van der Waals surface area contributed by atoms with Gasteiger partial charge in [0.25, 0.3) is 6.43 Å². The maximum Gasteiger partial charge on any atom is 0.265 e. The molecular weight excluding hydrogens is 200 g/mol. The number of aldehydes is 1. The Labute approximate surface area is 86.1 Å². The highest BCUT2D eigenvalue weighted by atomic mass is 19.3. The molecule has 0 N–H and O–H groups in total. The summed E-state index contributed by atoms with van der Waals surface area (Å²) in [6.07, 6.45) is -1.08. The van der Waals surface area contributed by atoms with Gasteiger partial charge in [-0.3, -0.25) is 0 Å². The molecule has 0 saturated carbocycles. The Balaban J connectivity index is 2.98. The van der Waals surface area contributed by atoms with E-state index in [4.69, 9.17) is 5.26 Å². The fourth-order valence-electron chi connectivity index (χ4n) is 1.27. The van der Waals surface area contributed by atoms with Crippen LogP contribution in [0.2, 0.25) is 0 Å². The van der Waals surface area contributed by atoms with Crippen molar-refractivity contribution in [1.82, 2.24) is 0 Å². The Morgan fingerprint density at radius 1 is 1.47 bits per heavy atom. The standard InChI is InChI=1S/C11H9F2NO/c12-11(13)10-4-3-8(2-1-5-15)6-9(10)7-14/h3-6,11H,1-2H2. The molecule has 0 heterocycles. The van der Waals surface area contributed by atoms with Gasteiger partial charge in [0.2, 0.25) is 0 Å². The van der Waals surface area contributed by atoms with Crippen molar-refractivity contribution in [3.63, 3.8) is 0 Å². The maximum absolute atomic E-state index is 12.4. The summed E-state index contributed by atoms with van der Waals surface area (Å²) in [5, 5.41) is 8.66. The van der Waals surface area contributed by atoms with Crippen molar-refractivity contribution in [2.45, 2.75) is 19.3 Å². The van der Waals surface area contributed by atoms with Gasteiger partial charge in [0.05, 0.1) is 11.6 Å². The predicted molar refractivity (Wildman–Crippen MR) is 50.5 cm³/mol. The zero-order chi connectivity index (χ0) is 11.3. The Bertz CT molecular complexity index is 396. The fourth-order valence-corrected chi connectivity index (χ4v) is 1.27. The number of aryl methyl sites for hydroxylation is 1. The van der Waals surface area contributed by atoms with E-state index in [1.54, 1.807) is 6.07 Å². The molecule has 0 aromatic heterocycles. The number of benzene rings is 1. The van der Waals surface area contributed by atoms with Gasteiger partial charge in [0, 0.05) is 12.0 Å². The number of carbonyl (C=O) groups excluding carboxylic acids is 1. The van der Waals surface area contributed by atoms with Crippen molar-refractivity contribution in [3.05, 3.63) is 34.9 Å². The lowest BCUT2D eigenvalue weighted by atomic mass is 10.0. The van der Waals surface area contributed by atoms with E-state index in [2.05, 4.69) is 0 Å². The van der Waals surface area contributed by atoms with Crippen LogP contribution in [0.5, 0.6) is 0 Å². The number of alkyl halides is 2. The van der Waals surface area contributed by atoms with Crippen molar-refractivity contribution in [1.29, 1.82) is 5.26 Å². The molecule has 0 radical (unpaired) electrons. The van der Waals surface area contributed by atoms with Crippen LogP contribution in [0.25, 0.3) is 0 Å². The summed E-state index contributed by atoms with van der Waals surface area (Å²) in [6, 6.07) is 5.89. The summed E-state index contributed by atoms with van der Waals surface area (Å²) in [4.78, 5) is 10.1. The molecule has 0 spiro atoms. The number of rotatable bonds is 4. The first-order valence-corrected chi connectivity index (χ1v) is 4.43. The summed E-state index contributed by atoms with van der Waals surface area (Å²) >= 11 is 0. The largest absolute Gasteiger partial charge is 0.303 e. The van der Waals surface area contributed by atoms with Crippen LogP contribution < -0.4 is 0 Å². The molecule has 4 heteroatoms. The Hall–Kier alpha value is -1.76. The molecule has 0 aliphatic rings. The van der Waals surface area contributed by atoms with Crippen LogP contribution in [0.3, 0.4) is 0 Å². The molecule has 0 amide bonds. The van der Waals surface area contributed by atoms with Crippen LogP contribution in [0.15, 0.2) is 18.2 Å². The molecule has 0 atom stereocenters. The van der Waals surface area contributed by atoms with E-state index in [9.17, 15) is 13.6 Å². The normalized spacial score (nSPS) is 10.0. The van der Waals surface area contributed by atoms with Gasteiger partial charge in [0.1, 0.15) is 6.29 Å². The predicted octanol–water partition coefficient (Wildman–Crippen LogP) is 2.63. The average Bonchev–Trinajstić information content (AvgIpc) is 2.25. The molecule has 1 rings (SSSR count). The van der Waals surface area contributed by atoms with Gasteiger partial charge in [0.15, 0.2) is 0 Å². The fraction of sp³-hybridized carbons (Fsp3) is 0.273. The van der Waals surface area contributed by atoms with Crippen molar-refractivity contribution < 1.29 is 13.6 Å². The third kappa shape index (κ3) is 2.84. The lowest BCUT2D eigenvalue weighted by Gasteiger charge is -2.04. The first-order chi connectivity index (χ1) is 7.19. The second-order valence-electron chi connectivity index (χ2n) is 3.04. The molecule has 0 unspecified atom stereocenters. The average molecular weight is 209 g/mol. The minimum atomic E-state index is -2.64. The molecule has 0 aliphatic heterocycles. The highest BCUT2D eigenvalue weighted by Gasteiger charge is 2.12. The quantitative estimate of drug-likeness (QED) is 0.715. The second kappa shape index (κ2) is 5.20. The first-order valence-electron chi connectivity index (χ1n) is 4.43. The minimum Gasteiger partial charge on any atom is -0.303 e. The van der Waals surface area contributed by atoms with Crippen LogP contribution >= 0.6 is 0 Å². The molecule has 2 nitrogen and oxygen atoms in total. The lowest BCUT2D eigenvalue weighted by molar-refractivity contribution is -0.107. The van der Waals surface area contributed by atoms with E-state index in [1.807, 2.05) is 0 Å². The van der Waals surface area contributed by atoms with Crippen LogP contribution in [0.4, 0.5) is 8.78 Å². The van der Waals surface area contributed by atoms with Crippen LogP contribution in [0.1, 0.15) is 29.5 Å². The minimum absolute atomic E-state index is 0.0200. The van der Waals surface area contributed by atoms with Crippen LogP contribution in [-0.4, -0.2) is 6.29 Å². The number of hydrogen-bond donors (Lipinski definition) is 0. The number of hydrogen-bond acceptors (Lipinski definition) is 2. The second-order valence-corrected chi connectivity index (χ2v) is 3.04. The molecule has 15 heavy (non-hydrogen) atoms. The highest BCUT2D eigenvalue weighted by molar-refractivity contribution is 5.50. The number of carbonyl (C=O) groups is 1. The van der Waals surface area contributed by atoms with Crippen LogP contribution in [0, 0.1) is 11.3 Å². The highest BCUT2D eigenvalue weighted by Crippen LogP contribution is 2.23. The zero-order valence-corrected chi connectivity index (χ0v) is 7.91. The monoisotopic (exact) mass is 209 g/mol. The van der Waals surface area contributed by atoms with E-state index in [1.165, 1.54) is 18.2 Å². The molecule has 1 aromatic carbocycles. The van der Waals surface area contributed by atoms with E-state index in [0.29, 0.717) is 12.8 Å². The van der Waals surface area contributed by atoms with Crippen molar-refractivity contribution in [3.8, 4) is 6.07 Å². The number of halogens is 2. The van der Waals surface area contributed by atoms with Crippen molar-refractivity contribution in [2.75, 3.05) is 0 Å². The van der Waals surface area contributed by atoms with E-state index >= 15 is 0 Å². The zero-order valence-electron chi connectivity index (χ0n) is 7.91. The summed E-state index contributed by atoms with van der Waals surface area (Å²) in [7, 11) is 0. The van der Waals surface area contributed by atoms with Crippen LogP contribution in [-0.2, 0) is 11.2 Å². The SMILES string of the molecule is N#Cc1cc(CCC=O)ccc1C(F)F. The van der Waals surface area contributed by atoms with Gasteiger partial charge in [-0.1, -0.05) is 12.1 Å². The molecule has 0 bridgehead atoms. The molecule has 0 fully saturated rings. The summed E-state index contributed by atoms with van der Waals surface area (Å²) < 4.78 is 24.8. The van der Waals surface area contributed by atoms with Gasteiger partial charge < -0.3 is 4.79 Å². The Morgan fingerprint density at radius 3 is 2.73 bits per heavy atom. The topological polar surface area (TPSA) is 40.9 Å². The molecular formula is C11H9F2NO. The number of nitriles is 1. The van der Waals surface area contributed by atoms with Gasteiger partial charge in [-0.15, -0.1) is 0 Å². The molecule has 0 saturated heterocycles. The van der Waals surface area contributed by atoms with Gasteiger partial charge >= 0.3 is 0 Å². The third-order valence-electron chi connectivity index (χ3n) is 2.02. The number of nitrogens with zero attached hydrogens (tertiary/aromatic N) is 1. The van der Waals surface area contributed by atoms with Crippen molar-refractivity contribution in [2.24, 2.45) is 0 Å². The molecule has 78 valence electrons. The van der Waals surface area contributed by atoms with Gasteiger partial charge in [-0.25, -0.2) is 8.78 Å². The summed E-state index contributed by atoms with van der Waals surface area (Å²) in [5.41, 5.74) is 0.448. The van der Waals surface area contributed by atoms with Crippen molar-refractivity contribution >= 4 is 6.29 Å². The third-order valence-corrected chi connectivity index (χ3v) is 2.02. The van der Waals surface area contributed by atoms with Gasteiger partial charge in [-0.05, 0) is 18.1 Å². The smallest absolute Gasteiger partial charge is 0.265 e. The lowest BCUT2D eigenvalue weighted by Crippen LogP contribution is -1.94. The Morgan fingerprint density at radius 2 is 2.20 bits per heavy atom. The maximum atomic E-state index is 12.4.